The number of benzene rings is 1. The fourth-order valence-corrected chi connectivity index (χ4v) is 1.96. The Bertz CT molecular complexity index is 524. The van der Waals surface area contributed by atoms with Gasteiger partial charge in [0.05, 0.1) is 13.0 Å². The van der Waals surface area contributed by atoms with Gasteiger partial charge in [-0.05, 0) is 18.2 Å². The topological polar surface area (TPSA) is 55.8 Å². The van der Waals surface area contributed by atoms with Gasteiger partial charge < -0.3 is 14.4 Å². The van der Waals surface area contributed by atoms with Crippen molar-refractivity contribution < 1.29 is 23.5 Å². The fourth-order valence-electron chi connectivity index (χ4n) is 1.63. The third-order valence-electron chi connectivity index (χ3n) is 2.82. The molecule has 1 rings (SSSR count). The summed E-state index contributed by atoms with van der Waals surface area (Å²) < 4.78 is 23.8. The highest BCUT2D eigenvalue weighted by Gasteiger charge is 2.19. The van der Waals surface area contributed by atoms with E-state index in [1.807, 2.05) is 0 Å². The minimum Gasteiger partial charge on any atom is -0.481 e. The van der Waals surface area contributed by atoms with Crippen LogP contribution in [0.2, 0.25) is 0 Å². The molecule has 0 aliphatic heterocycles. The zero-order valence-corrected chi connectivity index (χ0v) is 13.6. The third-order valence-corrected chi connectivity index (χ3v) is 3.32. The smallest absolute Gasteiger partial charge is 0.310 e. The summed E-state index contributed by atoms with van der Waals surface area (Å²) in [6, 6.07) is 4.30. The van der Waals surface area contributed by atoms with Crippen LogP contribution in [0.5, 0.6) is 5.75 Å². The SMILES string of the molecule is COC(=O)C(C)CN(C)C(=O)COc1ccc(Br)cc1F. The number of ether oxygens (including phenoxy) is 2. The molecule has 1 aromatic carbocycles. The molecule has 0 saturated carbocycles. The molecule has 116 valence electrons. The summed E-state index contributed by atoms with van der Waals surface area (Å²) in [5.41, 5.74) is 0. The quantitative estimate of drug-likeness (QED) is 0.729. The standard InChI is InChI=1S/C14H17BrFNO4/c1-9(14(19)20-3)7-17(2)13(18)8-21-12-5-4-10(15)6-11(12)16/h4-6,9H,7-8H2,1-3H3. The summed E-state index contributed by atoms with van der Waals surface area (Å²) in [6.45, 7) is 1.56. The molecule has 1 amide bonds. The highest BCUT2D eigenvalue weighted by Crippen LogP contribution is 2.21. The Hall–Kier alpha value is -1.63. The van der Waals surface area contributed by atoms with E-state index in [0.29, 0.717) is 4.47 Å². The lowest BCUT2D eigenvalue weighted by atomic mass is 10.2. The molecule has 0 heterocycles. The average Bonchev–Trinajstić information content (AvgIpc) is 2.44. The number of amides is 1. The Balaban J connectivity index is 2.51. The van der Waals surface area contributed by atoms with E-state index >= 15 is 0 Å². The van der Waals surface area contributed by atoms with Crippen molar-refractivity contribution in [1.82, 2.24) is 4.90 Å². The van der Waals surface area contributed by atoms with Crippen LogP contribution in [0.3, 0.4) is 0 Å². The summed E-state index contributed by atoms with van der Waals surface area (Å²) in [5.74, 6) is -1.74. The number of hydrogen-bond donors (Lipinski definition) is 0. The molecule has 0 N–H and O–H groups in total. The van der Waals surface area contributed by atoms with Crippen molar-refractivity contribution in [1.29, 1.82) is 0 Å². The number of methoxy groups -OCH3 is 1. The zero-order chi connectivity index (χ0) is 16.0. The monoisotopic (exact) mass is 361 g/mol. The van der Waals surface area contributed by atoms with Crippen molar-refractivity contribution >= 4 is 27.8 Å². The maximum atomic E-state index is 13.5. The molecule has 7 heteroatoms. The molecule has 0 bridgehead atoms. The van der Waals surface area contributed by atoms with Gasteiger partial charge in [0.2, 0.25) is 0 Å². The number of likely N-dealkylation sites (N-methyl/N-ethyl adjacent to an activating group) is 1. The molecule has 5 nitrogen and oxygen atoms in total. The molecule has 21 heavy (non-hydrogen) atoms. The first-order chi connectivity index (χ1) is 9.85. The van der Waals surface area contributed by atoms with Gasteiger partial charge in [-0.3, -0.25) is 9.59 Å². The van der Waals surface area contributed by atoms with E-state index in [9.17, 15) is 14.0 Å². The summed E-state index contributed by atoms with van der Waals surface area (Å²) in [5, 5.41) is 0. The number of hydrogen-bond acceptors (Lipinski definition) is 4. The minimum atomic E-state index is -0.553. The summed E-state index contributed by atoms with van der Waals surface area (Å²) >= 11 is 3.13. The first kappa shape index (κ1) is 17.4. The van der Waals surface area contributed by atoms with Crippen LogP contribution in [0.1, 0.15) is 6.92 Å². The average molecular weight is 362 g/mol. The van der Waals surface area contributed by atoms with Crippen LogP contribution in [-0.2, 0) is 14.3 Å². The van der Waals surface area contributed by atoms with Crippen LogP contribution in [0.15, 0.2) is 22.7 Å². The fraction of sp³-hybridized carbons (Fsp3) is 0.429. The molecule has 1 atom stereocenters. The van der Waals surface area contributed by atoms with E-state index in [1.54, 1.807) is 20.0 Å². The molecule has 0 aromatic heterocycles. The van der Waals surface area contributed by atoms with Gasteiger partial charge >= 0.3 is 5.97 Å². The lowest BCUT2D eigenvalue weighted by molar-refractivity contribution is -0.146. The van der Waals surface area contributed by atoms with Crippen LogP contribution in [0, 0.1) is 11.7 Å². The lowest BCUT2D eigenvalue weighted by Crippen LogP contribution is -2.37. The molecular formula is C14H17BrFNO4. The summed E-state index contributed by atoms with van der Waals surface area (Å²) in [4.78, 5) is 24.5. The zero-order valence-electron chi connectivity index (χ0n) is 12.1. The Morgan fingerprint density at radius 1 is 1.43 bits per heavy atom. The van der Waals surface area contributed by atoms with E-state index in [4.69, 9.17) is 4.74 Å². The van der Waals surface area contributed by atoms with Gasteiger partial charge in [-0.2, -0.15) is 0 Å². The van der Waals surface area contributed by atoms with Crippen molar-refractivity contribution in [2.24, 2.45) is 5.92 Å². The second-order valence-corrected chi connectivity index (χ2v) is 5.48. The molecule has 0 radical (unpaired) electrons. The van der Waals surface area contributed by atoms with Crippen molar-refractivity contribution in [2.75, 3.05) is 27.3 Å². The Morgan fingerprint density at radius 2 is 2.10 bits per heavy atom. The molecule has 0 saturated heterocycles. The van der Waals surface area contributed by atoms with Gasteiger partial charge in [0.15, 0.2) is 18.2 Å². The second-order valence-electron chi connectivity index (χ2n) is 4.56. The van der Waals surface area contributed by atoms with E-state index in [2.05, 4.69) is 20.7 Å². The maximum Gasteiger partial charge on any atom is 0.310 e. The van der Waals surface area contributed by atoms with Gasteiger partial charge in [0.25, 0.3) is 5.91 Å². The van der Waals surface area contributed by atoms with Crippen LogP contribution in [0.4, 0.5) is 4.39 Å². The molecule has 0 aliphatic rings. The maximum absolute atomic E-state index is 13.5. The van der Waals surface area contributed by atoms with Crippen molar-refractivity contribution in [3.8, 4) is 5.75 Å². The summed E-state index contributed by atoms with van der Waals surface area (Å²) in [6.07, 6.45) is 0. The number of carbonyl (C=O) groups is 2. The molecule has 1 unspecified atom stereocenters. The van der Waals surface area contributed by atoms with Gasteiger partial charge in [-0.15, -0.1) is 0 Å². The highest BCUT2D eigenvalue weighted by molar-refractivity contribution is 9.10. The number of esters is 1. The lowest BCUT2D eigenvalue weighted by Gasteiger charge is -2.20. The van der Waals surface area contributed by atoms with Crippen molar-refractivity contribution in [2.45, 2.75) is 6.92 Å². The van der Waals surface area contributed by atoms with E-state index in [0.717, 1.165) is 0 Å². The number of rotatable bonds is 6. The predicted octanol–water partition coefficient (Wildman–Crippen LogP) is 2.23. The third kappa shape index (κ3) is 5.34. The predicted molar refractivity (Wildman–Crippen MR) is 78.4 cm³/mol. The number of halogens is 2. The van der Waals surface area contributed by atoms with Gasteiger partial charge in [-0.1, -0.05) is 22.9 Å². The van der Waals surface area contributed by atoms with E-state index in [1.165, 1.54) is 24.1 Å². The molecule has 0 fully saturated rings. The molecular weight excluding hydrogens is 345 g/mol. The molecule has 1 aromatic rings. The highest BCUT2D eigenvalue weighted by atomic mass is 79.9. The molecule has 0 aliphatic carbocycles. The summed E-state index contributed by atoms with van der Waals surface area (Å²) in [7, 11) is 2.84. The Labute approximate surface area is 131 Å². The Morgan fingerprint density at radius 3 is 2.67 bits per heavy atom. The molecule has 0 spiro atoms. The van der Waals surface area contributed by atoms with Crippen LogP contribution >= 0.6 is 15.9 Å². The van der Waals surface area contributed by atoms with E-state index < -0.39 is 17.7 Å². The van der Waals surface area contributed by atoms with Crippen molar-refractivity contribution in [3.05, 3.63) is 28.5 Å². The first-order valence-corrected chi connectivity index (χ1v) is 7.04. The normalized spacial score (nSPS) is 11.7. The van der Waals surface area contributed by atoms with Gasteiger partial charge in [0, 0.05) is 18.1 Å². The van der Waals surface area contributed by atoms with Crippen LogP contribution < -0.4 is 4.74 Å². The first-order valence-electron chi connectivity index (χ1n) is 6.24. The van der Waals surface area contributed by atoms with Crippen LogP contribution in [-0.4, -0.2) is 44.1 Å². The van der Waals surface area contributed by atoms with Gasteiger partial charge in [0.1, 0.15) is 0 Å². The largest absolute Gasteiger partial charge is 0.481 e. The van der Waals surface area contributed by atoms with E-state index in [-0.39, 0.29) is 24.8 Å². The Kier molecular flexibility index (Phi) is 6.61. The second kappa shape index (κ2) is 7.97. The van der Waals surface area contributed by atoms with Gasteiger partial charge in [-0.25, -0.2) is 4.39 Å². The number of carbonyl (C=O) groups excluding carboxylic acids is 2. The minimum absolute atomic E-state index is 0.000895. The number of nitrogens with zero attached hydrogens (tertiary/aromatic N) is 1. The van der Waals surface area contributed by atoms with Crippen molar-refractivity contribution in [3.63, 3.8) is 0 Å². The van der Waals surface area contributed by atoms with Crippen LogP contribution in [0.25, 0.3) is 0 Å².